The zero-order valence-electron chi connectivity index (χ0n) is 17.3. The topological polar surface area (TPSA) is 105 Å². The summed E-state index contributed by atoms with van der Waals surface area (Å²) in [5.74, 6) is 1.08. The normalized spacial score (nSPS) is 24.9. The number of aliphatic hydroxyl groups excluding tert-OH is 1. The molecule has 1 saturated carbocycles. The lowest BCUT2D eigenvalue weighted by atomic mass is 9.81. The van der Waals surface area contributed by atoms with Gasteiger partial charge in [0.15, 0.2) is 0 Å². The molecule has 8 nitrogen and oxygen atoms in total. The number of methoxy groups -OCH3 is 1. The van der Waals surface area contributed by atoms with Gasteiger partial charge >= 0.3 is 0 Å². The third-order valence-corrected chi connectivity index (χ3v) is 6.70. The van der Waals surface area contributed by atoms with E-state index in [1.54, 1.807) is 7.11 Å². The van der Waals surface area contributed by atoms with E-state index in [0.29, 0.717) is 56.9 Å². The first-order chi connectivity index (χ1) is 14.0. The molecule has 1 aliphatic carbocycles. The van der Waals surface area contributed by atoms with E-state index in [9.17, 15) is 14.4 Å². The first-order valence-electron chi connectivity index (χ1n) is 10.4. The molecule has 2 rings (SSSR count). The standard InChI is InChI=1S/C20H34N2O6S/c1-27-9-10-28-8-6-18(24)21-13-15-2-4-16(5-3-15)14-22-19(25)12-17(20(22)26)29-11-7-23/h15-17,23H,2-14H2,1H3,(H,21,24). The van der Waals surface area contributed by atoms with Gasteiger partial charge in [-0.3, -0.25) is 19.3 Å². The number of rotatable bonds is 13. The van der Waals surface area contributed by atoms with Crippen LogP contribution < -0.4 is 5.32 Å². The van der Waals surface area contributed by atoms with E-state index in [1.807, 2.05) is 0 Å². The van der Waals surface area contributed by atoms with Gasteiger partial charge in [0.1, 0.15) is 0 Å². The maximum absolute atomic E-state index is 12.4. The Morgan fingerprint density at radius 1 is 1.17 bits per heavy atom. The maximum Gasteiger partial charge on any atom is 0.242 e. The molecular formula is C20H34N2O6S. The van der Waals surface area contributed by atoms with Gasteiger partial charge in [0.25, 0.3) is 0 Å². The first kappa shape index (κ1) is 24.1. The van der Waals surface area contributed by atoms with Crippen molar-refractivity contribution in [3.05, 3.63) is 0 Å². The van der Waals surface area contributed by atoms with Gasteiger partial charge in [-0.25, -0.2) is 0 Å². The summed E-state index contributed by atoms with van der Waals surface area (Å²) in [7, 11) is 1.61. The van der Waals surface area contributed by atoms with Crippen molar-refractivity contribution in [2.75, 3.05) is 52.4 Å². The van der Waals surface area contributed by atoms with Crippen LogP contribution in [-0.2, 0) is 23.9 Å². The average Bonchev–Trinajstić information content (AvgIpc) is 2.99. The minimum Gasteiger partial charge on any atom is -0.396 e. The van der Waals surface area contributed by atoms with Gasteiger partial charge in [0, 0.05) is 38.8 Å². The van der Waals surface area contributed by atoms with E-state index in [4.69, 9.17) is 14.6 Å². The van der Waals surface area contributed by atoms with Gasteiger partial charge in [-0.15, -0.1) is 11.8 Å². The summed E-state index contributed by atoms with van der Waals surface area (Å²) >= 11 is 1.36. The highest BCUT2D eigenvalue weighted by atomic mass is 32.2. The molecule has 166 valence electrons. The van der Waals surface area contributed by atoms with Crippen molar-refractivity contribution in [3.63, 3.8) is 0 Å². The summed E-state index contributed by atoms with van der Waals surface area (Å²) in [6.45, 7) is 2.62. The predicted molar refractivity (Wildman–Crippen MR) is 110 cm³/mol. The summed E-state index contributed by atoms with van der Waals surface area (Å²) in [6.07, 6.45) is 4.52. The lowest BCUT2D eigenvalue weighted by molar-refractivity contribution is -0.139. The minimum atomic E-state index is -0.334. The van der Waals surface area contributed by atoms with Crippen LogP contribution in [-0.4, -0.2) is 85.4 Å². The molecule has 0 aromatic carbocycles. The number of carbonyl (C=O) groups excluding carboxylic acids is 3. The number of imide groups is 1. The van der Waals surface area contributed by atoms with Crippen LogP contribution in [0.5, 0.6) is 0 Å². The number of hydrogen-bond acceptors (Lipinski definition) is 7. The fourth-order valence-electron chi connectivity index (χ4n) is 3.80. The smallest absolute Gasteiger partial charge is 0.242 e. The second kappa shape index (κ2) is 13.2. The fourth-order valence-corrected chi connectivity index (χ4v) is 4.72. The number of carbonyl (C=O) groups is 3. The Kier molecular flexibility index (Phi) is 11.0. The zero-order chi connectivity index (χ0) is 21.1. The van der Waals surface area contributed by atoms with Gasteiger partial charge in [-0.2, -0.15) is 0 Å². The number of thioether (sulfide) groups is 1. The maximum atomic E-state index is 12.4. The quantitative estimate of drug-likeness (QED) is 0.329. The third-order valence-electron chi connectivity index (χ3n) is 5.51. The summed E-state index contributed by atoms with van der Waals surface area (Å²) in [5.41, 5.74) is 0. The van der Waals surface area contributed by atoms with E-state index in [0.717, 1.165) is 25.7 Å². The van der Waals surface area contributed by atoms with Crippen LogP contribution >= 0.6 is 11.8 Å². The van der Waals surface area contributed by atoms with Crippen molar-refractivity contribution in [1.82, 2.24) is 10.2 Å². The van der Waals surface area contributed by atoms with Crippen LogP contribution in [0.25, 0.3) is 0 Å². The van der Waals surface area contributed by atoms with Crippen molar-refractivity contribution < 1.29 is 29.0 Å². The van der Waals surface area contributed by atoms with Crippen LogP contribution in [0.2, 0.25) is 0 Å². The van der Waals surface area contributed by atoms with E-state index >= 15 is 0 Å². The average molecular weight is 431 g/mol. The molecule has 0 aromatic heterocycles. The molecule has 1 saturated heterocycles. The minimum absolute atomic E-state index is 0.00391. The Labute approximate surface area is 177 Å². The van der Waals surface area contributed by atoms with Crippen LogP contribution in [0.3, 0.4) is 0 Å². The van der Waals surface area contributed by atoms with E-state index in [-0.39, 0.29) is 36.0 Å². The lowest BCUT2D eigenvalue weighted by Gasteiger charge is -2.30. The largest absolute Gasteiger partial charge is 0.396 e. The Morgan fingerprint density at radius 3 is 2.59 bits per heavy atom. The highest BCUT2D eigenvalue weighted by molar-refractivity contribution is 8.00. The lowest BCUT2D eigenvalue weighted by Crippen LogP contribution is -2.38. The third kappa shape index (κ3) is 8.24. The molecule has 0 spiro atoms. The molecule has 1 unspecified atom stereocenters. The first-order valence-corrected chi connectivity index (χ1v) is 11.5. The van der Waals surface area contributed by atoms with Gasteiger partial charge < -0.3 is 19.9 Å². The molecule has 2 N–H and O–H groups in total. The van der Waals surface area contributed by atoms with Crippen molar-refractivity contribution in [3.8, 4) is 0 Å². The summed E-state index contributed by atoms with van der Waals surface area (Å²) in [4.78, 5) is 37.9. The Balaban J connectivity index is 1.61. The van der Waals surface area contributed by atoms with Crippen molar-refractivity contribution in [2.24, 2.45) is 11.8 Å². The number of aliphatic hydroxyl groups is 1. The summed E-state index contributed by atoms with van der Waals surface area (Å²) in [6, 6.07) is 0. The Hall–Kier alpha value is -1.16. The second-order valence-corrected chi connectivity index (χ2v) is 8.99. The zero-order valence-corrected chi connectivity index (χ0v) is 18.1. The number of nitrogens with one attached hydrogen (secondary N) is 1. The number of hydrogen-bond donors (Lipinski definition) is 2. The van der Waals surface area contributed by atoms with Gasteiger partial charge in [-0.1, -0.05) is 0 Å². The number of ether oxygens (including phenoxy) is 2. The van der Waals surface area contributed by atoms with Crippen molar-refractivity contribution in [1.29, 1.82) is 0 Å². The predicted octanol–water partition coefficient (Wildman–Crippen LogP) is 0.815. The monoisotopic (exact) mass is 430 g/mol. The molecule has 2 aliphatic rings. The van der Waals surface area contributed by atoms with Gasteiger partial charge in [0.2, 0.25) is 17.7 Å². The Bertz CT molecular complexity index is 539. The number of nitrogens with zero attached hydrogens (tertiary/aromatic N) is 1. The second-order valence-electron chi connectivity index (χ2n) is 7.68. The molecule has 1 heterocycles. The summed E-state index contributed by atoms with van der Waals surface area (Å²) < 4.78 is 10.2. The fraction of sp³-hybridized carbons (Fsp3) is 0.850. The molecule has 9 heteroatoms. The molecule has 29 heavy (non-hydrogen) atoms. The van der Waals surface area contributed by atoms with E-state index < -0.39 is 0 Å². The van der Waals surface area contributed by atoms with Crippen LogP contribution in [0.1, 0.15) is 38.5 Å². The molecule has 1 atom stereocenters. The Morgan fingerprint density at radius 2 is 1.90 bits per heavy atom. The number of amides is 3. The van der Waals surface area contributed by atoms with Crippen molar-refractivity contribution in [2.45, 2.75) is 43.8 Å². The molecule has 2 fully saturated rings. The van der Waals surface area contributed by atoms with Crippen LogP contribution in [0.15, 0.2) is 0 Å². The molecular weight excluding hydrogens is 396 g/mol. The summed E-state index contributed by atoms with van der Waals surface area (Å²) in [5, 5.41) is 11.6. The van der Waals surface area contributed by atoms with E-state index in [1.165, 1.54) is 16.7 Å². The van der Waals surface area contributed by atoms with E-state index in [2.05, 4.69) is 5.32 Å². The van der Waals surface area contributed by atoms with Gasteiger partial charge in [-0.05, 0) is 37.5 Å². The molecule has 1 aliphatic heterocycles. The highest BCUT2D eigenvalue weighted by Gasteiger charge is 2.39. The highest BCUT2D eigenvalue weighted by Crippen LogP contribution is 2.32. The number of likely N-dealkylation sites (tertiary alicyclic amines) is 1. The van der Waals surface area contributed by atoms with Crippen molar-refractivity contribution >= 4 is 29.5 Å². The SMILES string of the molecule is COCCOCCC(=O)NCC1CCC(CN2C(=O)CC(SCCO)C2=O)CC1. The molecule has 0 radical (unpaired) electrons. The molecule has 0 aromatic rings. The van der Waals surface area contributed by atoms with Gasteiger partial charge in [0.05, 0.1) is 31.7 Å². The van der Waals surface area contributed by atoms with Crippen LogP contribution in [0, 0.1) is 11.8 Å². The molecule has 3 amide bonds. The molecule has 0 bridgehead atoms. The van der Waals surface area contributed by atoms with Crippen LogP contribution in [0.4, 0.5) is 0 Å².